The van der Waals surface area contributed by atoms with E-state index in [2.05, 4.69) is 11.6 Å². The van der Waals surface area contributed by atoms with Crippen LogP contribution in [0.2, 0.25) is 0 Å². The molecule has 0 aliphatic heterocycles. The van der Waals surface area contributed by atoms with Crippen molar-refractivity contribution in [2.45, 2.75) is 26.4 Å². The minimum atomic E-state index is -0.477. The van der Waals surface area contributed by atoms with Gasteiger partial charge in [-0.05, 0) is 39.0 Å². The van der Waals surface area contributed by atoms with Crippen molar-refractivity contribution in [3.8, 4) is 0 Å². The fraction of sp³-hybridized carbons (Fsp3) is 0.333. The first-order valence-corrected chi connectivity index (χ1v) is 4.74. The molecule has 0 radical (unpaired) electrons. The maximum Gasteiger partial charge on any atom is 0.338 e. The Kier molecular flexibility index (Phi) is 3.24. The largest absolute Gasteiger partial charge is 0.456 e. The Morgan fingerprint density at radius 1 is 1.53 bits per heavy atom. The van der Waals surface area contributed by atoms with Crippen LogP contribution >= 0.6 is 0 Å². The van der Waals surface area contributed by atoms with Crippen molar-refractivity contribution in [2.24, 2.45) is 0 Å². The molecule has 1 heterocycles. The molecular formula is C12H15NO2. The minimum absolute atomic E-state index is 0.340. The Labute approximate surface area is 89.8 Å². The second-order valence-corrected chi connectivity index (χ2v) is 4.18. The number of hydrogen-bond acceptors (Lipinski definition) is 3. The molecule has 0 aromatic carbocycles. The van der Waals surface area contributed by atoms with Crippen molar-refractivity contribution < 1.29 is 9.53 Å². The topological polar surface area (TPSA) is 39.2 Å². The zero-order valence-corrected chi connectivity index (χ0v) is 9.28. The lowest BCUT2D eigenvalue weighted by atomic mass is 10.2. The lowest BCUT2D eigenvalue weighted by Crippen LogP contribution is -2.23. The van der Waals surface area contributed by atoms with Crippen LogP contribution in [0, 0.1) is 0 Å². The summed E-state index contributed by atoms with van der Waals surface area (Å²) in [7, 11) is 0. The van der Waals surface area contributed by atoms with Crippen molar-refractivity contribution in [1.82, 2.24) is 4.98 Å². The third-order valence-electron chi connectivity index (χ3n) is 1.62. The Hall–Kier alpha value is -1.64. The molecular weight excluding hydrogens is 190 g/mol. The van der Waals surface area contributed by atoms with Crippen LogP contribution in [0.15, 0.2) is 24.9 Å². The van der Waals surface area contributed by atoms with Crippen LogP contribution in [0.3, 0.4) is 0 Å². The molecule has 1 aromatic heterocycles. The van der Waals surface area contributed by atoms with Crippen molar-refractivity contribution >= 4 is 12.0 Å². The van der Waals surface area contributed by atoms with Crippen molar-refractivity contribution in [3.63, 3.8) is 0 Å². The molecule has 0 amide bonds. The van der Waals surface area contributed by atoms with Crippen molar-refractivity contribution in [1.29, 1.82) is 0 Å². The van der Waals surface area contributed by atoms with E-state index in [-0.39, 0.29) is 5.97 Å². The Morgan fingerprint density at radius 3 is 2.73 bits per heavy atom. The first kappa shape index (κ1) is 11.4. The lowest BCUT2D eigenvalue weighted by molar-refractivity contribution is 0.00694. The van der Waals surface area contributed by atoms with Gasteiger partial charge in [0.1, 0.15) is 5.60 Å². The lowest BCUT2D eigenvalue weighted by Gasteiger charge is -2.19. The van der Waals surface area contributed by atoms with Gasteiger partial charge in [-0.15, -0.1) is 0 Å². The molecule has 0 aliphatic carbocycles. The van der Waals surface area contributed by atoms with E-state index in [9.17, 15) is 4.79 Å². The van der Waals surface area contributed by atoms with E-state index in [1.807, 2.05) is 20.8 Å². The smallest absolute Gasteiger partial charge is 0.338 e. The van der Waals surface area contributed by atoms with Crippen LogP contribution in [0.25, 0.3) is 6.08 Å². The second-order valence-electron chi connectivity index (χ2n) is 4.18. The number of aromatic nitrogens is 1. The first-order chi connectivity index (χ1) is 6.92. The van der Waals surface area contributed by atoms with E-state index in [0.29, 0.717) is 11.3 Å². The van der Waals surface area contributed by atoms with Gasteiger partial charge in [0.05, 0.1) is 11.3 Å². The molecule has 15 heavy (non-hydrogen) atoms. The van der Waals surface area contributed by atoms with Gasteiger partial charge < -0.3 is 4.74 Å². The summed E-state index contributed by atoms with van der Waals surface area (Å²) in [6, 6.07) is 3.28. The normalized spacial score (nSPS) is 10.9. The van der Waals surface area contributed by atoms with Crippen molar-refractivity contribution in [2.75, 3.05) is 0 Å². The number of esters is 1. The van der Waals surface area contributed by atoms with Gasteiger partial charge in [0.15, 0.2) is 0 Å². The zero-order valence-electron chi connectivity index (χ0n) is 9.28. The Morgan fingerprint density at radius 2 is 2.20 bits per heavy atom. The molecule has 3 nitrogen and oxygen atoms in total. The molecule has 0 saturated carbocycles. The molecule has 0 fully saturated rings. The SMILES string of the molecule is C=Cc1cc(C(=O)OC(C)(C)C)ccn1. The van der Waals surface area contributed by atoms with Crippen LogP contribution in [0.1, 0.15) is 36.8 Å². The third kappa shape index (κ3) is 3.54. The number of hydrogen-bond donors (Lipinski definition) is 0. The van der Waals surface area contributed by atoms with Gasteiger partial charge in [0.25, 0.3) is 0 Å². The van der Waals surface area contributed by atoms with E-state index < -0.39 is 5.60 Å². The van der Waals surface area contributed by atoms with E-state index >= 15 is 0 Å². The number of nitrogens with zero attached hydrogens (tertiary/aromatic N) is 1. The molecule has 0 aliphatic rings. The predicted octanol–water partition coefficient (Wildman–Crippen LogP) is 2.68. The number of pyridine rings is 1. The zero-order chi connectivity index (χ0) is 11.5. The fourth-order valence-electron chi connectivity index (χ4n) is 1.02. The molecule has 3 heteroatoms. The number of carbonyl (C=O) groups is 1. The summed E-state index contributed by atoms with van der Waals surface area (Å²) in [5, 5.41) is 0. The van der Waals surface area contributed by atoms with Crippen LogP contribution in [-0.4, -0.2) is 16.6 Å². The maximum absolute atomic E-state index is 11.6. The Balaban J connectivity index is 2.87. The molecule has 0 atom stereocenters. The summed E-state index contributed by atoms with van der Waals surface area (Å²) in [6.07, 6.45) is 3.16. The number of ether oxygens (including phenoxy) is 1. The molecule has 0 N–H and O–H groups in total. The highest BCUT2D eigenvalue weighted by Gasteiger charge is 2.17. The minimum Gasteiger partial charge on any atom is -0.456 e. The van der Waals surface area contributed by atoms with Crippen LogP contribution in [0.4, 0.5) is 0 Å². The van der Waals surface area contributed by atoms with Gasteiger partial charge in [-0.1, -0.05) is 6.58 Å². The highest BCUT2D eigenvalue weighted by Crippen LogP contribution is 2.12. The van der Waals surface area contributed by atoms with E-state index in [1.54, 1.807) is 24.4 Å². The van der Waals surface area contributed by atoms with Gasteiger partial charge in [-0.2, -0.15) is 0 Å². The van der Waals surface area contributed by atoms with Crippen LogP contribution in [0.5, 0.6) is 0 Å². The Bertz CT molecular complexity index is 377. The molecule has 0 unspecified atom stereocenters. The average molecular weight is 205 g/mol. The molecule has 0 saturated heterocycles. The molecule has 0 bridgehead atoms. The van der Waals surface area contributed by atoms with Gasteiger partial charge in [-0.3, -0.25) is 4.98 Å². The molecule has 1 aromatic rings. The molecule has 80 valence electrons. The average Bonchev–Trinajstić information content (AvgIpc) is 2.15. The summed E-state index contributed by atoms with van der Waals surface area (Å²) in [5.41, 5.74) is 0.683. The van der Waals surface area contributed by atoms with Crippen LogP contribution < -0.4 is 0 Å². The number of rotatable bonds is 2. The van der Waals surface area contributed by atoms with E-state index in [1.165, 1.54) is 0 Å². The first-order valence-electron chi connectivity index (χ1n) is 4.74. The van der Waals surface area contributed by atoms with Crippen molar-refractivity contribution in [3.05, 3.63) is 36.2 Å². The molecule has 1 rings (SSSR count). The van der Waals surface area contributed by atoms with Gasteiger partial charge in [-0.25, -0.2) is 4.79 Å². The monoisotopic (exact) mass is 205 g/mol. The number of carbonyl (C=O) groups excluding carboxylic acids is 1. The van der Waals surface area contributed by atoms with E-state index in [4.69, 9.17) is 4.74 Å². The highest BCUT2D eigenvalue weighted by molar-refractivity contribution is 5.90. The fourth-order valence-corrected chi connectivity index (χ4v) is 1.02. The quantitative estimate of drug-likeness (QED) is 0.697. The summed E-state index contributed by atoms with van der Waals surface area (Å²) in [5.74, 6) is -0.340. The summed E-state index contributed by atoms with van der Waals surface area (Å²) in [6.45, 7) is 9.09. The summed E-state index contributed by atoms with van der Waals surface area (Å²) >= 11 is 0. The van der Waals surface area contributed by atoms with Gasteiger partial charge >= 0.3 is 5.97 Å². The predicted molar refractivity (Wildman–Crippen MR) is 59.5 cm³/mol. The second kappa shape index (κ2) is 4.26. The van der Waals surface area contributed by atoms with Gasteiger partial charge in [0.2, 0.25) is 0 Å². The summed E-state index contributed by atoms with van der Waals surface area (Å²) < 4.78 is 5.22. The standard InChI is InChI=1S/C12H15NO2/c1-5-10-8-9(6-7-13-10)11(14)15-12(2,3)4/h5-8H,1H2,2-4H3. The maximum atomic E-state index is 11.6. The highest BCUT2D eigenvalue weighted by atomic mass is 16.6. The third-order valence-corrected chi connectivity index (χ3v) is 1.62. The van der Waals surface area contributed by atoms with Crippen LogP contribution in [-0.2, 0) is 4.74 Å². The molecule has 0 spiro atoms. The van der Waals surface area contributed by atoms with E-state index in [0.717, 1.165) is 0 Å². The van der Waals surface area contributed by atoms with Gasteiger partial charge in [0, 0.05) is 6.20 Å². The summed E-state index contributed by atoms with van der Waals surface area (Å²) in [4.78, 5) is 15.7.